The largest absolute Gasteiger partial charge is 0.496 e. The Bertz CT molecular complexity index is 882. The van der Waals surface area contributed by atoms with Gasteiger partial charge in [-0.1, -0.05) is 19.1 Å². The molecule has 2 atom stereocenters. The maximum absolute atomic E-state index is 13.3. The number of hydrogen-bond donors (Lipinski definition) is 1. The third-order valence-electron chi connectivity index (χ3n) is 5.12. The smallest absolute Gasteiger partial charge is 0.261 e. The van der Waals surface area contributed by atoms with Gasteiger partial charge in [-0.3, -0.25) is 9.59 Å². The third kappa shape index (κ3) is 7.14. The van der Waals surface area contributed by atoms with E-state index in [2.05, 4.69) is 5.32 Å². The van der Waals surface area contributed by atoms with Crippen LogP contribution in [0.4, 0.5) is 4.39 Å². The Kier molecular flexibility index (Phi) is 9.31. The molecule has 7 nitrogen and oxygen atoms in total. The van der Waals surface area contributed by atoms with E-state index in [0.29, 0.717) is 22.8 Å². The summed E-state index contributed by atoms with van der Waals surface area (Å²) in [4.78, 5) is 27.2. The number of ether oxygens (including phenoxy) is 3. The second-order valence-corrected chi connectivity index (χ2v) is 7.48. The lowest BCUT2D eigenvalue weighted by atomic mass is 10.1. The predicted octanol–water partition coefficient (Wildman–Crippen LogP) is 3.55. The van der Waals surface area contributed by atoms with Crippen LogP contribution in [0.3, 0.4) is 0 Å². The van der Waals surface area contributed by atoms with Gasteiger partial charge in [0.15, 0.2) is 6.61 Å². The molecule has 0 aliphatic rings. The van der Waals surface area contributed by atoms with Crippen molar-refractivity contribution >= 4 is 11.8 Å². The van der Waals surface area contributed by atoms with Crippen molar-refractivity contribution in [3.63, 3.8) is 0 Å². The van der Waals surface area contributed by atoms with E-state index in [1.807, 2.05) is 13.8 Å². The van der Waals surface area contributed by atoms with Gasteiger partial charge in [0.2, 0.25) is 5.91 Å². The van der Waals surface area contributed by atoms with Crippen LogP contribution >= 0.6 is 0 Å². The van der Waals surface area contributed by atoms with E-state index in [-0.39, 0.29) is 36.8 Å². The van der Waals surface area contributed by atoms with Crippen LogP contribution in [0.1, 0.15) is 32.8 Å². The van der Waals surface area contributed by atoms with Crippen molar-refractivity contribution in [2.45, 2.75) is 45.8 Å². The Hall–Kier alpha value is -3.29. The lowest BCUT2D eigenvalue weighted by Gasteiger charge is -2.29. The van der Waals surface area contributed by atoms with Crippen molar-refractivity contribution in [2.75, 3.05) is 20.8 Å². The number of rotatable bonds is 11. The average molecular weight is 447 g/mol. The van der Waals surface area contributed by atoms with Crippen LogP contribution < -0.4 is 19.5 Å². The molecule has 0 aromatic heterocycles. The molecule has 0 saturated carbocycles. The number of methoxy groups -OCH3 is 2. The van der Waals surface area contributed by atoms with E-state index in [0.717, 1.165) is 6.42 Å². The predicted molar refractivity (Wildman–Crippen MR) is 119 cm³/mol. The minimum absolute atomic E-state index is 0.0202. The fourth-order valence-corrected chi connectivity index (χ4v) is 2.93. The summed E-state index contributed by atoms with van der Waals surface area (Å²) in [7, 11) is 3.04. The average Bonchev–Trinajstić information content (AvgIpc) is 2.81. The summed E-state index contributed by atoms with van der Waals surface area (Å²) in [5, 5.41) is 2.90. The third-order valence-corrected chi connectivity index (χ3v) is 5.12. The highest BCUT2D eigenvalue weighted by Crippen LogP contribution is 2.27. The molecule has 0 radical (unpaired) electrons. The Balaban J connectivity index is 2.18. The molecule has 0 heterocycles. The first-order chi connectivity index (χ1) is 15.3. The van der Waals surface area contributed by atoms with E-state index in [4.69, 9.17) is 14.2 Å². The first kappa shape index (κ1) is 25.0. The van der Waals surface area contributed by atoms with Gasteiger partial charge < -0.3 is 24.4 Å². The SMILES string of the molecule is CC[C@@H](C)NC(=O)[C@H](C)N(Cc1ccc(F)cc1)C(=O)COc1cc(OC)cc(OC)c1. The number of carbonyl (C=O) groups is 2. The second-order valence-electron chi connectivity index (χ2n) is 7.48. The van der Waals surface area contributed by atoms with Crippen LogP contribution in [0.5, 0.6) is 17.2 Å². The molecule has 0 bridgehead atoms. The van der Waals surface area contributed by atoms with Gasteiger partial charge in [0.1, 0.15) is 29.1 Å². The molecule has 0 aliphatic carbocycles. The van der Waals surface area contributed by atoms with Crippen LogP contribution in [-0.4, -0.2) is 49.6 Å². The monoisotopic (exact) mass is 446 g/mol. The Morgan fingerprint density at radius 2 is 1.56 bits per heavy atom. The molecule has 2 rings (SSSR count). The van der Waals surface area contributed by atoms with Crippen LogP contribution in [-0.2, 0) is 16.1 Å². The highest BCUT2D eigenvalue weighted by atomic mass is 19.1. The number of halogens is 1. The van der Waals surface area contributed by atoms with Gasteiger partial charge in [0.25, 0.3) is 5.91 Å². The van der Waals surface area contributed by atoms with E-state index in [9.17, 15) is 14.0 Å². The summed E-state index contributed by atoms with van der Waals surface area (Å²) >= 11 is 0. The van der Waals surface area contributed by atoms with Gasteiger partial charge in [-0.25, -0.2) is 4.39 Å². The lowest BCUT2D eigenvalue weighted by Crippen LogP contribution is -2.50. The Morgan fingerprint density at radius 3 is 2.09 bits per heavy atom. The quantitative estimate of drug-likeness (QED) is 0.571. The topological polar surface area (TPSA) is 77.1 Å². The van der Waals surface area contributed by atoms with Gasteiger partial charge in [0.05, 0.1) is 14.2 Å². The zero-order valence-electron chi connectivity index (χ0n) is 19.2. The lowest BCUT2D eigenvalue weighted by molar-refractivity contribution is -0.142. The first-order valence-corrected chi connectivity index (χ1v) is 10.5. The van der Waals surface area contributed by atoms with Crippen LogP contribution in [0.15, 0.2) is 42.5 Å². The number of hydrogen-bond acceptors (Lipinski definition) is 5. The highest BCUT2D eigenvalue weighted by Gasteiger charge is 2.27. The number of carbonyl (C=O) groups excluding carboxylic acids is 2. The molecular formula is C24H31FN2O5. The molecule has 0 unspecified atom stereocenters. The molecule has 2 amide bonds. The van der Waals surface area contributed by atoms with Gasteiger partial charge in [-0.05, 0) is 38.0 Å². The minimum Gasteiger partial charge on any atom is -0.496 e. The molecule has 32 heavy (non-hydrogen) atoms. The number of nitrogens with zero attached hydrogens (tertiary/aromatic N) is 1. The molecule has 8 heteroatoms. The summed E-state index contributed by atoms with van der Waals surface area (Å²) in [6.07, 6.45) is 0.769. The van der Waals surface area contributed by atoms with E-state index < -0.39 is 6.04 Å². The van der Waals surface area contributed by atoms with Crippen LogP contribution in [0.25, 0.3) is 0 Å². The van der Waals surface area contributed by atoms with E-state index >= 15 is 0 Å². The Labute approximate surface area is 188 Å². The van der Waals surface area contributed by atoms with Crippen LogP contribution in [0, 0.1) is 5.82 Å². The van der Waals surface area contributed by atoms with Crippen molar-refractivity contribution in [1.82, 2.24) is 10.2 Å². The fraction of sp³-hybridized carbons (Fsp3) is 0.417. The first-order valence-electron chi connectivity index (χ1n) is 10.5. The molecule has 0 aliphatic heterocycles. The van der Waals surface area contributed by atoms with Gasteiger partial charge in [-0.2, -0.15) is 0 Å². The van der Waals surface area contributed by atoms with Gasteiger partial charge in [0, 0.05) is 30.8 Å². The minimum atomic E-state index is -0.745. The summed E-state index contributed by atoms with van der Waals surface area (Å²) in [5.74, 6) is 0.422. The molecule has 1 N–H and O–H groups in total. The number of nitrogens with one attached hydrogen (secondary N) is 1. The molecule has 0 saturated heterocycles. The molecule has 0 fully saturated rings. The van der Waals surface area contributed by atoms with Gasteiger partial charge in [-0.15, -0.1) is 0 Å². The number of benzene rings is 2. The molecule has 2 aromatic rings. The molecule has 2 aromatic carbocycles. The van der Waals surface area contributed by atoms with Crippen molar-refractivity contribution in [2.24, 2.45) is 0 Å². The Morgan fingerprint density at radius 1 is 1.00 bits per heavy atom. The van der Waals surface area contributed by atoms with Gasteiger partial charge >= 0.3 is 0 Å². The molecular weight excluding hydrogens is 415 g/mol. The van der Waals surface area contributed by atoms with Crippen LogP contribution in [0.2, 0.25) is 0 Å². The van der Waals surface area contributed by atoms with Crippen molar-refractivity contribution in [3.05, 3.63) is 53.8 Å². The van der Waals surface area contributed by atoms with Crippen molar-refractivity contribution in [3.8, 4) is 17.2 Å². The second kappa shape index (κ2) is 11.9. The summed E-state index contributed by atoms with van der Waals surface area (Å²) in [6.45, 7) is 5.37. The van der Waals surface area contributed by atoms with Crippen molar-refractivity contribution < 1.29 is 28.2 Å². The summed E-state index contributed by atoms with van der Waals surface area (Å²) < 4.78 is 29.4. The summed E-state index contributed by atoms with van der Waals surface area (Å²) in [5.41, 5.74) is 0.700. The highest BCUT2D eigenvalue weighted by molar-refractivity contribution is 5.88. The summed E-state index contributed by atoms with van der Waals surface area (Å²) in [6, 6.07) is 10.0. The van der Waals surface area contributed by atoms with E-state index in [1.165, 1.54) is 31.3 Å². The van der Waals surface area contributed by atoms with Crippen molar-refractivity contribution in [1.29, 1.82) is 0 Å². The maximum Gasteiger partial charge on any atom is 0.261 e. The maximum atomic E-state index is 13.3. The standard InChI is InChI=1S/C24H31FN2O5/c1-6-16(2)26-24(29)17(3)27(14-18-7-9-19(25)10-8-18)23(28)15-32-22-12-20(30-4)11-21(13-22)31-5/h7-13,16-17H,6,14-15H2,1-5H3,(H,26,29)/t16-,17+/m1/s1. The zero-order chi connectivity index (χ0) is 23.7. The number of amides is 2. The normalized spacial score (nSPS) is 12.4. The molecule has 0 spiro atoms. The fourth-order valence-electron chi connectivity index (χ4n) is 2.93. The molecule has 174 valence electrons. The van der Waals surface area contributed by atoms with E-state index in [1.54, 1.807) is 37.3 Å². The zero-order valence-corrected chi connectivity index (χ0v) is 19.2.